The van der Waals surface area contributed by atoms with E-state index in [0.29, 0.717) is 22.7 Å². The quantitative estimate of drug-likeness (QED) is 0.496. The van der Waals surface area contributed by atoms with Crippen LogP contribution in [0.5, 0.6) is 17.2 Å². The fraction of sp³-hybridized carbons (Fsp3) is 0.190. The third-order valence-electron chi connectivity index (χ3n) is 3.99. The minimum atomic E-state index is -2.96. The van der Waals surface area contributed by atoms with Gasteiger partial charge in [-0.15, -0.1) is 5.10 Å². The van der Waals surface area contributed by atoms with Gasteiger partial charge in [0, 0.05) is 6.08 Å². The highest BCUT2D eigenvalue weighted by molar-refractivity contribution is 6.01. The smallest absolute Gasteiger partial charge is 0.387 e. The molecule has 31 heavy (non-hydrogen) atoms. The Morgan fingerprint density at radius 3 is 2.74 bits per heavy atom. The molecular formula is C21H20F2N4O4. The van der Waals surface area contributed by atoms with Gasteiger partial charge < -0.3 is 14.2 Å². The summed E-state index contributed by atoms with van der Waals surface area (Å²) in [5.74, 6) is 0.736. The Morgan fingerprint density at radius 1 is 1.19 bits per heavy atom. The first-order valence-electron chi connectivity index (χ1n) is 9.26. The number of halogens is 2. The molecule has 2 N–H and O–H groups in total. The summed E-state index contributed by atoms with van der Waals surface area (Å²) in [6.45, 7) is -0.973. The average Bonchev–Trinajstić information content (AvgIpc) is 3.22. The summed E-state index contributed by atoms with van der Waals surface area (Å²) in [5, 5.41) is 9.26. The van der Waals surface area contributed by atoms with Crippen LogP contribution in [0.2, 0.25) is 0 Å². The molecule has 1 aromatic heterocycles. The van der Waals surface area contributed by atoms with Crippen molar-refractivity contribution in [2.45, 2.75) is 13.5 Å². The Hall–Kier alpha value is -3.95. The molecule has 10 heteroatoms. The lowest BCUT2D eigenvalue weighted by atomic mass is 10.2. The van der Waals surface area contributed by atoms with Crippen molar-refractivity contribution in [3.8, 4) is 28.6 Å². The number of nitrogens with zero attached hydrogens (tertiary/aromatic N) is 2. The maximum atomic E-state index is 12.5. The van der Waals surface area contributed by atoms with E-state index in [-0.39, 0.29) is 24.1 Å². The molecule has 0 saturated heterocycles. The SMILES string of the molecule is CCOc1cc(/C=C/C(=O)Nc2n[nH]c(-c3ccccc3OC)n2)ccc1OC(F)F. The third-order valence-corrected chi connectivity index (χ3v) is 3.99. The number of benzene rings is 2. The third kappa shape index (κ3) is 5.78. The van der Waals surface area contributed by atoms with Crippen molar-refractivity contribution >= 4 is 17.9 Å². The van der Waals surface area contributed by atoms with E-state index in [0.717, 1.165) is 0 Å². The van der Waals surface area contributed by atoms with Gasteiger partial charge in [-0.05, 0) is 42.8 Å². The van der Waals surface area contributed by atoms with Crippen molar-refractivity contribution in [1.29, 1.82) is 0 Å². The summed E-state index contributed by atoms with van der Waals surface area (Å²) < 4.78 is 40.0. The molecule has 2 aromatic carbocycles. The van der Waals surface area contributed by atoms with Crippen LogP contribution in [-0.4, -0.2) is 41.4 Å². The van der Waals surface area contributed by atoms with Gasteiger partial charge in [0.2, 0.25) is 5.95 Å². The number of carbonyl (C=O) groups excluding carboxylic acids is 1. The summed E-state index contributed by atoms with van der Waals surface area (Å²) in [6, 6.07) is 11.6. The zero-order valence-corrected chi connectivity index (χ0v) is 16.8. The van der Waals surface area contributed by atoms with Crippen LogP contribution in [0.3, 0.4) is 0 Å². The van der Waals surface area contributed by atoms with Crippen molar-refractivity contribution in [1.82, 2.24) is 15.2 Å². The van der Waals surface area contributed by atoms with Crippen LogP contribution < -0.4 is 19.5 Å². The number of aromatic amines is 1. The molecule has 3 aromatic rings. The van der Waals surface area contributed by atoms with Crippen molar-refractivity contribution < 1.29 is 27.8 Å². The number of para-hydroxylation sites is 1. The summed E-state index contributed by atoms with van der Waals surface area (Å²) in [7, 11) is 1.55. The van der Waals surface area contributed by atoms with Crippen LogP contribution in [0, 0.1) is 0 Å². The van der Waals surface area contributed by atoms with Crippen LogP contribution in [0.4, 0.5) is 14.7 Å². The van der Waals surface area contributed by atoms with Gasteiger partial charge in [-0.1, -0.05) is 18.2 Å². The Kier molecular flexibility index (Phi) is 7.15. The number of ether oxygens (including phenoxy) is 3. The number of amides is 1. The van der Waals surface area contributed by atoms with E-state index in [4.69, 9.17) is 9.47 Å². The second-order valence-corrected chi connectivity index (χ2v) is 6.05. The van der Waals surface area contributed by atoms with Gasteiger partial charge in [0.25, 0.3) is 5.91 Å². The molecule has 0 unspecified atom stereocenters. The number of carbonyl (C=O) groups is 1. The first-order chi connectivity index (χ1) is 15.0. The lowest BCUT2D eigenvalue weighted by Crippen LogP contribution is -2.09. The second kappa shape index (κ2) is 10.2. The predicted octanol–water partition coefficient (Wildman–Crippen LogP) is 4.13. The maximum Gasteiger partial charge on any atom is 0.387 e. The number of hydrogen-bond acceptors (Lipinski definition) is 6. The topological polar surface area (TPSA) is 98.4 Å². The summed E-state index contributed by atoms with van der Waals surface area (Å²) in [5.41, 5.74) is 1.26. The summed E-state index contributed by atoms with van der Waals surface area (Å²) in [4.78, 5) is 16.4. The van der Waals surface area contributed by atoms with Crippen molar-refractivity contribution in [3.63, 3.8) is 0 Å². The van der Waals surface area contributed by atoms with Gasteiger partial charge in [-0.2, -0.15) is 13.8 Å². The first kappa shape index (κ1) is 21.8. The predicted molar refractivity (Wildman–Crippen MR) is 110 cm³/mol. The van der Waals surface area contributed by atoms with Crippen molar-refractivity contribution in [2.75, 3.05) is 19.0 Å². The first-order valence-corrected chi connectivity index (χ1v) is 9.26. The number of hydrogen-bond donors (Lipinski definition) is 2. The Balaban J connectivity index is 1.68. The van der Waals surface area contributed by atoms with E-state index in [2.05, 4.69) is 25.2 Å². The molecule has 0 spiro atoms. The maximum absolute atomic E-state index is 12.5. The highest BCUT2D eigenvalue weighted by atomic mass is 19.3. The van der Waals surface area contributed by atoms with Crippen LogP contribution in [0.1, 0.15) is 12.5 Å². The molecule has 8 nitrogen and oxygen atoms in total. The Bertz CT molecular complexity index is 1070. The zero-order chi connectivity index (χ0) is 22.2. The van der Waals surface area contributed by atoms with Crippen LogP contribution in [0.25, 0.3) is 17.5 Å². The fourth-order valence-corrected chi connectivity index (χ4v) is 2.69. The lowest BCUT2D eigenvalue weighted by molar-refractivity contribution is -0.111. The Morgan fingerprint density at radius 2 is 2.00 bits per heavy atom. The molecule has 0 fully saturated rings. The largest absolute Gasteiger partial charge is 0.496 e. The van der Waals surface area contributed by atoms with Crippen molar-refractivity contribution in [2.24, 2.45) is 0 Å². The Labute approximate surface area is 176 Å². The van der Waals surface area contributed by atoms with Crippen molar-refractivity contribution in [3.05, 3.63) is 54.1 Å². The van der Waals surface area contributed by atoms with Gasteiger partial charge in [-0.25, -0.2) is 0 Å². The molecule has 0 aliphatic rings. The molecule has 1 heterocycles. The van der Waals surface area contributed by atoms with Gasteiger partial charge in [0.1, 0.15) is 5.75 Å². The van der Waals surface area contributed by atoms with E-state index in [1.165, 1.54) is 30.4 Å². The summed E-state index contributed by atoms with van der Waals surface area (Å²) >= 11 is 0. The van der Waals surface area contributed by atoms with Crippen LogP contribution >= 0.6 is 0 Å². The molecule has 1 amide bonds. The molecule has 162 valence electrons. The van der Waals surface area contributed by atoms with Gasteiger partial charge in [0.05, 0.1) is 19.3 Å². The zero-order valence-electron chi connectivity index (χ0n) is 16.8. The minimum Gasteiger partial charge on any atom is -0.496 e. The van der Waals surface area contributed by atoms with E-state index in [1.807, 2.05) is 18.2 Å². The monoisotopic (exact) mass is 430 g/mol. The second-order valence-electron chi connectivity index (χ2n) is 6.05. The lowest BCUT2D eigenvalue weighted by Gasteiger charge is -2.11. The minimum absolute atomic E-state index is 0.0805. The summed E-state index contributed by atoms with van der Waals surface area (Å²) in [6.07, 6.45) is 2.76. The molecule has 0 radical (unpaired) electrons. The fourth-order valence-electron chi connectivity index (χ4n) is 2.69. The van der Waals surface area contributed by atoms with E-state index >= 15 is 0 Å². The average molecular weight is 430 g/mol. The normalized spacial score (nSPS) is 11.0. The number of nitrogens with one attached hydrogen (secondary N) is 2. The number of alkyl halides is 2. The number of methoxy groups -OCH3 is 1. The van der Waals surface area contributed by atoms with Gasteiger partial charge in [-0.3, -0.25) is 15.2 Å². The van der Waals surface area contributed by atoms with E-state index in [9.17, 15) is 13.6 Å². The number of anilines is 1. The van der Waals surface area contributed by atoms with Crippen LogP contribution in [-0.2, 0) is 4.79 Å². The highest BCUT2D eigenvalue weighted by Crippen LogP contribution is 2.30. The molecule has 0 saturated carbocycles. The molecule has 0 bridgehead atoms. The number of aromatic nitrogens is 3. The highest BCUT2D eigenvalue weighted by Gasteiger charge is 2.12. The van der Waals surface area contributed by atoms with Gasteiger partial charge in [0.15, 0.2) is 17.3 Å². The molecule has 3 rings (SSSR count). The number of H-pyrrole nitrogens is 1. The molecular weight excluding hydrogens is 410 g/mol. The van der Waals surface area contributed by atoms with E-state index in [1.54, 1.807) is 20.1 Å². The molecule has 0 atom stereocenters. The van der Waals surface area contributed by atoms with E-state index < -0.39 is 12.5 Å². The molecule has 0 aliphatic heterocycles. The molecule has 0 aliphatic carbocycles. The van der Waals surface area contributed by atoms with Gasteiger partial charge >= 0.3 is 6.61 Å². The number of rotatable bonds is 9. The standard InChI is InChI=1S/C21H20F2N4O4/c1-3-30-17-12-13(8-10-16(17)31-20(22)23)9-11-18(28)24-21-25-19(26-27-21)14-6-4-5-7-15(14)29-2/h4-12,20H,3H2,1-2H3,(H2,24,25,26,27,28)/b11-9+. The van der Waals surface area contributed by atoms with Crippen LogP contribution in [0.15, 0.2) is 48.5 Å².